The van der Waals surface area contributed by atoms with E-state index in [0.29, 0.717) is 5.75 Å². The van der Waals surface area contributed by atoms with Crippen LogP contribution in [0.4, 0.5) is 11.8 Å². The molecule has 2 aromatic rings. The van der Waals surface area contributed by atoms with Crippen molar-refractivity contribution in [1.29, 1.82) is 5.26 Å². The molecule has 0 saturated heterocycles. The van der Waals surface area contributed by atoms with E-state index in [9.17, 15) is 10.4 Å². The molecule has 21 heavy (non-hydrogen) atoms. The molecule has 1 aromatic carbocycles. The van der Waals surface area contributed by atoms with Crippen LogP contribution in [0.15, 0.2) is 12.1 Å². The highest BCUT2D eigenvalue weighted by Crippen LogP contribution is 2.44. The van der Waals surface area contributed by atoms with Crippen molar-refractivity contribution >= 4 is 11.8 Å². The fourth-order valence-corrected chi connectivity index (χ4v) is 1.90. The number of aromatic nitrogens is 2. The van der Waals surface area contributed by atoms with Gasteiger partial charge in [-0.3, -0.25) is 0 Å². The third-order valence-electron chi connectivity index (χ3n) is 2.85. The molecule has 1 aromatic heterocycles. The second kappa shape index (κ2) is 5.42. The van der Waals surface area contributed by atoms with Gasteiger partial charge in [0.2, 0.25) is 5.95 Å². The van der Waals surface area contributed by atoms with Gasteiger partial charge >= 0.3 is 0 Å². The van der Waals surface area contributed by atoms with E-state index < -0.39 is 0 Å². The van der Waals surface area contributed by atoms with Crippen molar-refractivity contribution in [3.63, 3.8) is 0 Å². The van der Waals surface area contributed by atoms with Crippen LogP contribution >= 0.6 is 0 Å². The fraction of sp³-hybridized carbons (Fsp3) is 0.154. The minimum Gasteiger partial charge on any atom is -0.504 e. The molecule has 2 rings (SSSR count). The van der Waals surface area contributed by atoms with Gasteiger partial charge in [0.15, 0.2) is 11.5 Å². The molecule has 0 atom stereocenters. The van der Waals surface area contributed by atoms with Gasteiger partial charge in [0.1, 0.15) is 28.9 Å². The minimum absolute atomic E-state index is 0.00828. The highest BCUT2D eigenvalue weighted by molar-refractivity contribution is 5.83. The van der Waals surface area contributed by atoms with Crippen LogP contribution in [-0.2, 0) is 0 Å². The summed E-state index contributed by atoms with van der Waals surface area (Å²) in [5, 5.41) is 19.5. The smallest absolute Gasteiger partial charge is 0.222 e. The van der Waals surface area contributed by atoms with Gasteiger partial charge in [-0.05, 0) is 12.1 Å². The molecule has 0 aliphatic heterocycles. The van der Waals surface area contributed by atoms with Crippen LogP contribution in [0, 0.1) is 11.3 Å². The van der Waals surface area contributed by atoms with E-state index in [0.717, 1.165) is 0 Å². The lowest BCUT2D eigenvalue weighted by molar-refractivity contribution is 0.367. The average molecular weight is 287 g/mol. The zero-order chi connectivity index (χ0) is 15.6. The maximum atomic E-state index is 10.3. The fourth-order valence-electron chi connectivity index (χ4n) is 1.90. The maximum absolute atomic E-state index is 10.3. The number of phenolic OH excluding ortho intramolecular Hbond substituents is 1. The Balaban J connectivity index is 2.87. The molecule has 0 saturated carbocycles. The van der Waals surface area contributed by atoms with Crippen molar-refractivity contribution in [1.82, 2.24) is 9.97 Å². The number of methoxy groups -OCH3 is 2. The summed E-state index contributed by atoms with van der Waals surface area (Å²) in [7, 11) is 2.82. The Hall–Kier alpha value is -3.21. The van der Waals surface area contributed by atoms with Gasteiger partial charge in [0, 0.05) is 0 Å². The van der Waals surface area contributed by atoms with E-state index in [2.05, 4.69) is 9.97 Å². The Morgan fingerprint density at radius 3 is 2.33 bits per heavy atom. The SMILES string of the molecule is COc1ccc(OC)c(-c2nc(N)nc(N)c2C#N)c1O. The molecule has 0 aliphatic carbocycles. The van der Waals surface area contributed by atoms with Crippen molar-refractivity contribution in [2.75, 3.05) is 25.7 Å². The second-order valence-corrected chi connectivity index (χ2v) is 4.00. The minimum atomic E-state index is -0.231. The number of rotatable bonds is 3. The zero-order valence-corrected chi connectivity index (χ0v) is 11.4. The lowest BCUT2D eigenvalue weighted by atomic mass is 10.0. The molecular weight excluding hydrogens is 274 g/mol. The Labute approximate surface area is 120 Å². The van der Waals surface area contributed by atoms with Gasteiger partial charge in [-0.25, -0.2) is 4.98 Å². The Morgan fingerprint density at radius 2 is 1.76 bits per heavy atom. The first kappa shape index (κ1) is 14.2. The molecule has 0 radical (unpaired) electrons. The highest BCUT2D eigenvalue weighted by atomic mass is 16.5. The van der Waals surface area contributed by atoms with Gasteiger partial charge in [-0.2, -0.15) is 10.2 Å². The third kappa shape index (κ3) is 2.32. The van der Waals surface area contributed by atoms with Crippen LogP contribution in [0.5, 0.6) is 17.2 Å². The molecular formula is C13H13N5O3. The normalized spacial score (nSPS) is 9.95. The summed E-state index contributed by atoms with van der Waals surface area (Å²) in [6, 6.07) is 4.99. The van der Waals surface area contributed by atoms with Gasteiger partial charge in [-0.15, -0.1) is 0 Å². The first-order chi connectivity index (χ1) is 10.0. The van der Waals surface area contributed by atoms with Gasteiger partial charge < -0.3 is 26.0 Å². The van der Waals surface area contributed by atoms with E-state index in [1.54, 1.807) is 6.07 Å². The standard InChI is InChI=1S/C13H13N5O3/c1-20-7-3-4-8(21-2)11(19)9(7)10-6(5-14)12(15)18-13(16)17-10/h3-4,19H,1-2H3,(H4,15,16,17,18). The summed E-state index contributed by atoms with van der Waals surface area (Å²) >= 11 is 0. The van der Waals surface area contributed by atoms with Gasteiger partial charge in [0.05, 0.1) is 19.8 Å². The number of hydrogen-bond donors (Lipinski definition) is 3. The van der Waals surface area contributed by atoms with Gasteiger partial charge in [-0.1, -0.05) is 0 Å². The molecule has 0 aliphatic rings. The van der Waals surface area contributed by atoms with Crippen molar-refractivity contribution < 1.29 is 14.6 Å². The zero-order valence-electron chi connectivity index (χ0n) is 11.4. The van der Waals surface area contributed by atoms with Crippen LogP contribution in [-0.4, -0.2) is 29.3 Å². The molecule has 0 bridgehead atoms. The molecule has 0 amide bonds. The first-order valence-electron chi connectivity index (χ1n) is 5.80. The predicted molar refractivity (Wildman–Crippen MR) is 75.8 cm³/mol. The highest BCUT2D eigenvalue weighted by Gasteiger charge is 2.22. The number of phenols is 1. The summed E-state index contributed by atoms with van der Waals surface area (Å²) in [5.74, 6) is 0.0636. The van der Waals surface area contributed by atoms with Gasteiger partial charge in [0.25, 0.3) is 0 Å². The van der Waals surface area contributed by atoms with E-state index >= 15 is 0 Å². The van der Waals surface area contributed by atoms with Crippen LogP contribution in [0.2, 0.25) is 0 Å². The van der Waals surface area contributed by atoms with E-state index in [-0.39, 0.29) is 40.1 Å². The topological polar surface area (TPSA) is 140 Å². The average Bonchev–Trinajstić information content (AvgIpc) is 2.46. The third-order valence-corrected chi connectivity index (χ3v) is 2.85. The van der Waals surface area contributed by atoms with Crippen LogP contribution < -0.4 is 20.9 Å². The van der Waals surface area contributed by atoms with Crippen LogP contribution in [0.3, 0.4) is 0 Å². The Kier molecular flexibility index (Phi) is 3.67. The number of benzene rings is 1. The summed E-state index contributed by atoms with van der Waals surface area (Å²) < 4.78 is 10.2. The van der Waals surface area contributed by atoms with Crippen molar-refractivity contribution in [2.45, 2.75) is 0 Å². The Morgan fingerprint density at radius 1 is 1.14 bits per heavy atom. The van der Waals surface area contributed by atoms with E-state index in [4.69, 9.17) is 20.9 Å². The maximum Gasteiger partial charge on any atom is 0.222 e. The number of nitrogens with zero attached hydrogens (tertiary/aromatic N) is 3. The molecule has 5 N–H and O–H groups in total. The molecule has 0 unspecified atom stereocenters. The lowest BCUT2D eigenvalue weighted by Gasteiger charge is -2.14. The number of anilines is 2. The predicted octanol–water partition coefficient (Wildman–Crippen LogP) is 0.902. The number of hydrogen-bond acceptors (Lipinski definition) is 8. The molecule has 0 fully saturated rings. The van der Waals surface area contributed by atoms with Crippen molar-refractivity contribution in [3.05, 3.63) is 17.7 Å². The number of aromatic hydroxyl groups is 1. The number of nitrogens with two attached hydrogens (primary N) is 2. The number of ether oxygens (including phenoxy) is 2. The summed E-state index contributed by atoms with van der Waals surface area (Å²) in [5.41, 5.74) is 11.5. The monoisotopic (exact) mass is 287 g/mol. The summed E-state index contributed by atoms with van der Waals surface area (Å²) in [4.78, 5) is 7.72. The van der Waals surface area contributed by atoms with Crippen molar-refractivity contribution in [2.24, 2.45) is 0 Å². The van der Waals surface area contributed by atoms with Crippen LogP contribution in [0.1, 0.15) is 5.56 Å². The van der Waals surface area contributed by atoms with E-state index in [1.165, 1.54) is 20.3 Å². The molecule has 8 nitrogen and oxygen atoms in total. The quantitative estimate of drug-likeness (QED) is 0.756. The van der Waals surface area contributed by atoms with Crippen molar-refractivity contribution in [3.8, 4) is 34.6 Å². The summed E-state index contributed by atoms with van der Waals surface area (Å²) in [6.07, 6.45) is 0. The molecule has 8 heteroatoms. The largest absolute Gasteiger partial charge is 0.504 e. The second-order valence-electron chi connectivity index (χ2n) is 4.00. The summed E-state index contributed by atoms with van der Waals surface area (Å²) in [6.45, 7) is 0. The molecule has 108 valence electrons. The molecule has 1 heterocycles. The Bertz CT molecular complexity index is 740. The van der Waals surface area contributed by atoms with E-state index in [1.807, 2.05) is 6.07 Å². The number of nitriles is 1. The lowest BCUT2D eigenvalue weighted by Crippen LogP contribution is -2.06. The first-order valence-corrected chi connectivity index (χ1v) is 5.80. The molecule has 0 spiro atoms. The van der Waals surface area contributed by atoms with Crippen LogP contribution in [0.25, 0.3) is 11.3 Å². The number of nitrogen functional groups attached to an aromatic ring is 2.